The van der Waals surface area contributed by atoms with Crippen molar-refractivity contribution < 1.29 is 47.5 Å². The highest BCUT2D eigenvalue weighted by Crippen LogP contribution is 2.22. The lowest BCUT2D eigenvalue weighted by atomic mass is 10.5. The van der Waals surface area contributed by atoms with Crippen LogP contribution in [0.25, 0.3) is 0 Å². The molecule has 0 N–H and O–H groups in total. The summed E-state index contributed by atoms with van der Waals surface area (Å²) in [6, 6.07) is 0. The van der Waals surface area contributed by atoms with E-state index in [4.69, 9.17) is 37.9 Å². The third kappa shape index (κ3) is 25.7. The molecule has 190 valence electrons. The number of rotatable bonds is 25. The Morgan fingerprint density at radius 3 is 1.31 bits per heavy atom. The molecule has 0 atom stereocenters. The zero-order valence-electron chi connectivity index (χ0n) is 19.2. The van der Waals surface area contributed by atoms with Crippen LogP contribution in [0, 0.1) is 0 Å². The number of carbonyl (C=O) groups excluding carboxylic acids is 2. The molecule has 0 radical (unpaired) electrons. The predicted octanol–water partition coefficient (Wildman–Crippen LogP) is 1.59. The first kappa shape index (κ1) is 31.4. The van der Waals surface area contributed by atoms with E-state index in [2.05, 4.69) is 0 Å². The van der Waals surface area contributed by atoms with Gasteiger partial charge in [-0.05, 0) is 12.8 Å². The highest BCUT2D eigenvalue weighted by atomic mass is 33.1. The molecule has 10 nitrogen and oxygen atoms in total. The van der Waals surface area contributed by atoms with Crippen LogP contribution in [0.5, 0.6) is 0 Å². The third-order valence-electron chi connectivity index (χ3n) is 3.40. The molecule has 0 bridgehead atoms. The van der Waals surface area contributed by atoms with Gasteiger partial charge in [-0.25, -0.2) is 9.59 Å². The number of hydrogen-bond acceptors (Lipinski definition) is 12. The van der Waals surface area contributed by atoms with Gasteiger partial charge in [0, 0.05) is 25.7 Å². The Labute approximate surface area is 199 Å². The molecule has 0 aromatic carbocycles. The molecule has 0 amide bonds. The zero-order valence-corrected chi connectivity index (χ0v) is 20.8. The van der Waals surface area contributed by atoms with Crippen molar-refractivity contribution in [2.75, 3.05) is 105 Å². The molecule has 0 aromatic heterocycles. The second-order valence-electron chi connectivity index (χ2n) is 6.11. The fraction of sp³-hybridized carbons (Fsp3) is 0.900. The van der Waals surface area contributed by atoms with Crippen LogP contribution in [0.3, 0.4) is 0 Å². The molecule has 32 heavy (non-hydrogen) atoms. The lowest BCUT2D eigenvalue weighted by Crippen LogP contribution is -2.16. The molecule has 0 heterocycles. The van der Waals surface area contributed by atoms with Gasteiger partial charge in [0.05, 0.1) is 66.1 Å². The topological polar surface area (TPSA) is 108 Å². The second-order valence-corrected chi connectivity index (χ2v) is 8.81. The van der Waals surface area contributed by atoms with Crippen LogP contribution in [0.1, 0.15) is 12.8 Å². The summed E-state index contributed by atoms with van der Waals surface area (Å²) in [5, 5.41) is 0. The number of ether oxygens (including phenoxy) is 8. The van der Waals surface area contributed by atoms with E-state index >= 15 is 0 Å². The quantitative estimate of drug-likeness (QED) is 0.103. The molecule has 0 aliphatic heterocycles. The van der Waals surface area contributed by atoms with E-state index in [0.29, 0.717) is 66.1 Å². The molecule has 0 rings (SSSR count). The smallest absolute Gasteiger partial charge is 0.332 e. The van der Waals surface area contributed by atoms with Gasteiger partial charge in [-0.2, -0.15) is 0 Å². The minimum atomic E-state index is -0.371. The molecule has 12 heteroatoms. The van der Waals surface area contributed by atoms with Crippen molar-refractivity contribution in [3.63, 3.8) is 0 Å². The van der Waals surface area contributed by atoms with Crippen molar-refractivity contribution >= 4 is 33.5 Å². The molecule has 0 aliphatic carbocycles. The number of carbonyl (C=O) groups is 2. The van der Waals surface area contributed by atoms with Crippen LogP contribution in [-0.4, -0.2) is 117 Å². The number of esters is 2. The summed E-state index contributed by atoms with van der Waals surface area (Å²) < 4.78 is 40.6. The van der Waals surface area contributed by atoms with Crippen molar-refractivity contribution in [1.82, 2.24) is 0 Å². The van der Waals surface area contributed by atoms with Crippen molar-refractivity contribution in [1.29, 1.82) is 0 Å². The Morgan fingerprint density at radius 2 is 0.906 bits per heavy atom. The van der Waals surface area contributed by atoms with Gasteiger partial charge < -0.3 is 37.9 Å². The normalized spacial score (nSPS) is 10.9. The highest BCUT2D eigenvalue weighted by molar-refractivity contribution is 8.76. The summed E-state index contributed by atoms with van der Waals surface area (Å²) >= 11 is 0. The van der Waals surface area contributed by atoms with Crippen LogP contribution in [0.4, 0.5) is 0 Å². The van der Waals surface area contributed by atoms with Gasteiger partial charge in [-0.3, -0.25) is 0 Å². The average molecular weight is 503 g/mol. The van der Waals surface area contributed by atoms with Crippen molar-refractivity contribution in [3.05, 3.63) is 0 Å². The van der Waals surface area contributed by atoms with Crippen LogP contribution in [0.15, 0.2) is 0 Å². The van der Waals surface area contributed by atoms with E-state index in [1.54, 1.807) is 35.8 Å². The summed E-state index contributed by atoms with van der Waals surface area (Å²) in [4.78, 5) is 23.0. The average Bonchev–Trinajstić information content (AvgIpc) is 2.79. The van der Waals surface area contributed by atoms with E-state index in [1.165, 1.54) is 0 Å². The summed E-state index contributed by atoms with van der Waals surface area (Å²) in [5.74, 6) is 0.992. The number of hydrogen-bond donors (Lipinski definition) is 0. The SMILES string of the molecule is COCCOCCOCC(=O)OCCCSSCCCOC(=O)COCCOCCOC. The first-order valence-electron chi connectivity index (χ1n) is 10.5. The predicted molar refractivity (Wildman–Crippen MR) is 123 cm³/mol. The first-order valence-corrected chi connectivity index (χ1v) is 13.0. The van der Waals surface area contributed by atoms with Gasteiger partial charge in [0.25, 0.3) is 0 Å². The van der Waals surface area contributed by atoms with E-state index in [9.17, 15) is 9.59 Å². The molecule has 0 fully saturated rings. The Morgan fingerprint density at radius 1 is 0.531 bits per heavy atom. The molecule has 0 aromatic rings. The fourth-order valence-corrected chi connectivity index (χ4v) is 3.97. The van der Waals surface area contributed by atoms with Gasteiger partial charge >= 0.3 is 11.9 Å². The second kappa shape index (κ2) is 26.7. The Bertz CT molecular complexity index is 391. The van der Waals surface area contributed by atoms with Crippen molar-refractivity contribution in [2.24, 2.45) is 0 Å². The minimum Gasteiger partial charge on any atom is -0.464 e. The van der Waals surface area contributed by atoms with E-state index in [1.807, 2.05) is 0 Å². The summed E-state index contributed by atoms with van der Waals surface area (Å²) in [7, 11) is 6.61. The van der Waals surface area contributed by atoms with E-state index in [0.717, 1.165) is 24.3 Å². The summed E-state index contributed by atoms with van der Waals surface area (Å²) in [6.07, 6.45) is 1.54. The van der Waals surface area contributed by atoms with Crippen molar-refractivity contribution in [2.45, 2.75) is 12.8 Å². The largest absolute Gasteiger partial charge is 0.464 e. The fourth-order valence-electron chi connectivity index (χ4n) is 1.84. The van der Waals surface area contributed by atoms with Gasteiger partial charge in [0.15, 0.2) is 0 Å². The monoisotopic (exact) mass is 502 g/mol. The van der Waals surface area contributed by atoms with Crippen LogP contribution in [0.2, 0.25) is 0 Å². The molecule has 0 saturated heterocycles. The number of methoxy groups -OCH3 is 2. The minimum absolute atomic E-state index is 0.0680. The summed E-state index contributed by atoms with van der Waals surface area (Å²) in [5.41, 5.74) is 0. The maximum Gasteiger partial charge on any atom is 0.332 e. The lowest BCUT2D eigenvalue weighted by molar-refractivity contribution is -0.150. The molecule has 0 saturated carbocycles. The molecule has 0 aliphatic rings. The third-order valence-corrected chi connectivity index (χ3v) is 5.98. The van der Waals surface area contributed by atoms with Crippen molar-refractivity contribution in [3.8, 4) is 0 Å². The van der Waals surface area contributed by atoms with Gasteiger partial charge in [-0.15, -0.1) is 0 Å². The van der Waals surface area contributed by atoms with Crippen LogP contribution >= 0.6 is 21.6 Å². The van der Waals surface area contributed by atoms with Crippen LogP contribution in [-0.2, 0) is 47.5 Å². The van der Waals surface area contributed by atoms with Crippen LogP contribution < -0.4 is 0 Å². The van der Waals surface area contributed by atoms with Gasteiger partial charge in [0.1, 0.15) is 13.2 Å². The molecule has 0 spiro atoms. The first-order chi connectivity index (χ1) is 15.7. The summed E-state index contributed by atoms with van der Waals surface area (Å²) in [6.45, 7) is 4.22. The lowest BCUT2D eigenvalue weighted by Gasteiger charge is -2.07. The Hall–Kier alpha value is -0.600. The van der Waals surface area contributed by atoms with Gasteiger partial charge in [-0.1, -0.05) is 21.6 Å². The maximum absolute atomic E-state index is 11.5. The molecular weight excluding hydrogens is 464 g/mol. The highest BCUT2D eigenvalue weighted by Gasteiger charge is 2.04. The van der Waals surface area contributed by atoms with Gasteiger partial charge in [0.2, 0.25) is 0 Å². The zero-order chi connectivity index (χ0) is 23.5. The Balaban J connectivity index is 3.23. The standard InChI is InChI=1S/C20H38O10S2/c1-23-7-9-25-11-13-27-17-19(21)29-5-3-15-31-32-16-4-6-30-20(22)18-28-14-12-26-10-8-24-2/h3-18H2,1-2H3. The van der Waals surface area contributed by atoms with E-state index < -0.39 is 0 Å². The molecule has 0 unspecified atom stereocenters. The maximum atomic E-state index is 11.5. The van der Waals surface area contributed by atoms with E-state index in [-0.39, 0.29) is 25.2 Å². The Kier molecular flexibility index (Phi) is 26.2. The molecular formula is C20H38O10S2.